The van der Waals surface area contributed by atoms with Crippen molar-refractivity contribution in [3.8, 4) is 0 Å². The summed E-state index contributed by atoms with van der Waals surface area (Å²) in [6.45, 7) is 4.44. The summed E-state index contributed by atoms with van der Waals surface area (Å²) in [5.74, 6) is -1.04. The fourth-order valence-electron chi connectivity index (χ4n) is 0.305. The predicted molar refractivity (Wildman–Crippen MR) is 40.3 cm³/mol. The number of halogens is 2. The average molecular weight is 181 g/mol. The van der Waals surface area contributed by atoms with Crippen LogP contribution in [0, 0.1) is 0 Å². The van der Waals surface area contributed by atoms with Crippen LogP contribution in [0.5, 0.6) is 0 Å². The van der Waals surface area contributed by atoms with Crippen molar-refractivity contribution in [3.05, 3.63) is 12.2 Å². The van der Waals surface area contributed by atoms with E-state index >= 15 is 0 Å². The normalized spacial score (nSPS) is 9.60. The van der Waals surface area contributed by atoms with Crippen molar-refractivity contribution in [1.82, 2.24) is 0 Å². The van der Waals surface area contributed by atoms with Gasteiger partial charge in [-0.25, -0.2) is 0 Å². The zero-order valence-electron chi connectivity index (χ0n) is 5.36. The first-order valence-electron chi connectivity index (χ1n) is 2.49. The third-order valence-electron chi connectivity index (χ3n) is 0.921. The molecule has 0 aliphatic carbocycles. The van der Waals surface area contributed by atoms with Crippen LogP contribution in [0.15, 0.2) is 12.2 Å². The van der Waals surface area contributed by atoms with E-state index in [0.717, 1.165) is 0 Å². The molecular formula is C6H6Cl2O2. The first-order valence-corrected chi connectivity index (χ1v) is 3.36. The second-order valence-corrected chi connectivity index (χ2v) is 2.80. The minimum atomic E-state index is -1.18. The van der Waals surface area contributed by atoms with Crippen molar-refractivity contribution >= 4 is 34.8 Å². The van der Waals surface area contributed by atoms with Gasteiger partial charge in [-0.3, -0.25) is 9.59 Å². The molecule has 4 heteroatoms. The molecule has 0 aromatic rings. The fraction of sp³-hybridized carbons (Fsp3) is 0.333. The van der Waals surface area contributed by atoms with Crippen molar-refractivity contribution in [2.24, 2.45) is 0 Å². The van der Waals surface area contributed by atoms with Gasteiger partial charge in [-0.15, -0.1) is 0 Å². The van der Waals surface area contributed by atoms with E-state index in [-0.39, 0.29) is 5.57 Å². The summed E-state index contributed by atoms with van der Waals surface area (Å²) >= 11 is 10.3. The Morgan fingerprint density at radius 1 is 1.40 bits per heavy atom. The molecule has 0 rings (SSSR count). The zero-order chi connectivity index (χ0) is 8.31. The van der Waals surface area contributed by atoms with Gasteiger partial charge in [0.2, 0.25) is 0 Å². The summed E-state index contributed by atoms with van der Waals surface area (Å²) in [7, 11) is 0. The van der Waals surface area contributed by atoms with Crippen molar-refractivity contribution in [2.75, 3.05) is 0 Å². The van der Waals surface area contributed by atoms with Gasteiger partial charge in [0.05, 0.1) is 5.57 Å². The lowest BCUT2D eigenvalue weighted by atomic mass is 10.1. The Labute approximate surface area is 68.8 Å². The van der Waals surface area contributed by atoms with Crippen molar-refractivity contribution in [3.63, 3.8) is 0 Å². The standard InChI is InChI=1S/C6H6Cl2O2/c1-3(4(2)9)5(10)6(7)8/h6H,1H2,2H3. The van der Waals surface area contributed by atoms with Crippen LogP contribution in [-0.2, 0) is 9.59 Å². The molecule has 0 bridgehead atoms. The van der Waals surface area contributed by atoms with Gasteiger partial charge in [-0.05, 0) is 6.92 Å². The molecule has 0 spiro atoms. The van der Waals surface area contributed by atoms with Gasteiger partial charge in [-0.2, -0.15) is 0 Å². The molecule has 0 fully saturated rings. The predicted octanol–water partition coefficient (Wildman–Crippen LogP) is 1.50. The molecule has 0 heterocycles. The molecular weight excluding hydrogens is 175 g/mol. The molecule has 0 saturated heterocycles. The molecule has 0 radical (unpaired) electrons. The number of allylic oxidation sites excluding steroid dienone is 1. The van der Waals surface area contributed by atoms with Gasteiger partial charge in [0, 0.05) is 0 Å². The highest BCUT2D eigenvalue weighted by atomic mass is 35.5. The number of hydrogen-bond acceptors (Lipinski definition) is 2. The molecule has 0 unspecified atom stereocenters. The number of rotatable bonds is 3. The lowest BCUT2D eigenvalue weighted by molar-refractivity contribution is -0.119. The zero-order valence-corrected chi connectivity index (χ0v) is 6.87. The number of ketones is 2. The van der Waals surface area contributed by atoms with Gasteiger partial charge >= 0.3 is 0 Å². The molecule has 0 aliphatic heterocycles. The van der Waals surface area contributed by atoms with Crippen LogP contribution < -0.4 is 0 Å². The Morgan fingerprint density at radius 3 is 1.90 bits per heavy atom. The quantitative estimate of drug-likeness (QED) is 0.286. The van der Waals surface area contributed by atoms with E-state index in [1.54, 1.807) is 0 Å². The van der Waals surface area contributed by atoms with E-state index in [1.807, 2.05) is 0 Å². The number of carbonyl (C=O) groups excluding carboxylic acids is 2. The average Bonchev–Trinajstić information content (AvgIpc) is 1.84. The topological polar surface area (TPSA) is 34.1 Å². The third-order valence-corrected chi connectivity index (χ3v) is 1.32. The van der Waals surface area contributed by atoms with Gasteiger partial charge in [0.25, 0.3) is 0 Å². The van der Waals surface area contributed by atoms with Crippen molar-refractivity contribution in [1.29, 1.82) is 0 Å². The minimum Gasteiger partial charge on any atom is -0.294 e. The monoisotopic (exact) mass is 180 g/mol. The lowest BCUT2D eigenvalue weighted by Crippen LogP contribution is -2.15. The maximum atomic E-state index is 10.7. The molecule has 2 nitrogen and oxygen atoms in total. The Kier molecular flexibility index (Phi) is 3.61. The van der Waals surface area contributed by atoms with Crippen LogP contribution in [0.3, 0.4) is 0 Å². The van der Waals surface area contributed by atoms with Crippen LogP contribution in [0.25, 0.3) is 0 Å². The van der Waals surface area contributed by atoms with Gasteiger partial charge in [0.15, 0.2) is 16.4 Å². The highest BCUT2D eigenvalue weighted by molar-refractivity contribution is 6.56. The smallest absolute Gasteiger partial charge is 0.198 e. The molecule has 0 saturated carbocycles. The summed E-state index contributed by atoms with van der Waals surface area (Å²) in [4.78, 5) is 20.0. The molecule has 0 N–H and O–H groups in total. The van der Waals surface area contributed by atoms with E-state index in [9.17, 15) is 9.59 Å². The minimum absolute atomic E-state index is 0.157. The van der Waals surface area contributed by atoms with E-state index in [0.29, 0.717) is 0 Å². The van der Waals surface area contributed by atoms with Crippen molar-refractivity contribution in [2.45, 2.75) is 11.8 Å². The van der Waals surface area contributed by atoms with Crippen LogP contribution in [-0.4, -0.2) is 16.4 Å². The fourth-order valence-corrected chi connectivity index (χ4v) is 0.569. The highest BCUT2D eigenvalue weighted by Gasteiger charge is 2.17. The number of carbonyl (C=O) groups is 2. The van der Waals surface area contributed by atoms with Crippen LogP contribution in [0.1, 0.15) is 6.92 Å². The summed E-state index contributed by atoms with van der Waals surface area (Å²) in [6.07, 6.45) is 0. The number of hydrogen-bond donors (Lipinski definition) is 0. The molecule has 0 atom stereocenters. The van der Waals surface area contributed by atoms with Gasteiger partial charge in [0.1, 0.15) is 0 Å². The molecule has 0 aromatic carbocycles. The maximum absolute atomic E-state index is 10.7. The number of alkyl halides is 2. The second kappa shape index (κ2) is 3.74. The van der Waals surface area contributed by atoms with Crippen molar-refractivity contribution < 1.29 is 9.59 Å². The van der Waals surface area contributed by atoms with E-state index < -0.39 is 16.4 Å². The highest BCUT2D eigenvalue weighted by Crippen LogP contribution is 2.09. The molecule has 56 valence electrons. The van der Waals surface area contributed by atoms with Crippen LogP contribution in [0.2, 0.25) is 0 Å². The Balaban J connectivity index is 4.24. The summed E-state index contributed by atoms with van der Waals surface area (Å²) in [5, 5.41) is 0. The molecule has 0 aliphatic rings. The summed E-state index contributed by atoms with van der Waals surface area (Å²) in [6, 6.07) is 0. The molecule has 0 aromatic heterocycles. The van der Waals surface area contributed by atoms with E-state index in [4.69, 9.17) is 23.2 Å². The van der Waals surface area contributed by atoms with Crippen LogP contribution in [0.4, 0.5) is 0 Å². The second-order valence-electron chi connectivity index (χ2n) is 1.70. The summed E-state index contributed by atoms with van der Waals surface area (Å²) in [5.41, 5.74) is -0.157. The van der Waals surface area contributed by atoms with E-state index in [2.05, 4.69) is 6.58 Å². The van der Waals surface area contributed by atoms with E-state index in [1.165, 1.54) is 6.92 Å². The third kappa shape index (κ3) is 2.50. The first-order chi connectivity index (χ1) is 4.46. The van der Waals surface area contributed by atoms with Crippen LogP contribution >= 0.6 is 23.2 Å². The number of Topliss-reactive ketones (excluding diaryl/α,β-unsaturated/α-hetero) is 2. The first kappa shape index (κ1) is 9.66. The summed E-state index contributed by atoms with van der Waals surface area (Å²) < 4.78 is 0. The Morgan fingerprint density at radius 2 is 1.80 bits per heavy atom. The Hall–Kier alpha value is -0.340. The molecule has 0 amide bonds. The SMILES string of the molecule is C=C(C(C)=O)C(=O)C(Cl)Cl. The molecule has 10 heavy (non-hydrogen) atoms. The van der Waals surface area contributed by atoms with Gasteiger partial charge < -0.3 is 0 Å². The Bertz CT molecular complexity index is 184. The lowest BCUT2D eigenvalue weighted by Gasteiger charge is -1.98. The maximum Gasteiger partial charge on any atom is 0.198 e. The largest absolute Gasteiger partial charge is 0.294 e. The van der Waals surface area contributed by atoms with Gasteiger partial charge in [-0.1, -0.05) is 29.8 Å².